The number of nitrogens with two attached hydrogens (primary N) is 1. The van der Waals surface area contributed by atoms with Gasteiger partial charge >= 0.3 is 0 Å². The van der Waals surface area contributed by atoms with Gasteiger partial charge in [-0.25, -0.2) is 4.39 Å². The molecule has 2 aromatic carbocycles. The number of halogens is 2. The summed E-state index contributed by atoms with van der Waals surface area (Å²) < 4.78 is 13.8. The number of rotatable bonds is 4. The molecule has 0 aliphatic carbocycles. The van der Waals surface area contributed by atoms with Crippen LogP contribution >= 0.6 is 15.9 Å². The van der Waals surface area contributed by atoms with Gasteiger partial charge in [0, 0.05) is 29.3 Å². The third-order valence-electron chi connectivity index (χ3n) is 3.09. The van der Waals surface area contributed by atoms with Gasteiger partial charge in [0.2, 0.25) is 0 Å². The molecule has 3 N–H and O–H groups in total. The number of anilines is 1. The predicted octanol–water partition coefficient (Wildman–Crippen LogP) is 3.32. The molecule has 0 saturated carbocycles. The number of amidine groups is 1. The van der Waals surface area contributed by atoms with Crippen LogP contribution < -0.4 is 10.6 Å². The second-order valence-corrected chi connectivity index (χ2v) is 5.54. The highest BCUT2D eigenvalue weighted by molar-refractivity contribution is 9.10. The first kappa shape index (κ1) is 15.3. The van der Waals surface area contributed by atoms with E-state index < -0.39 is 0 Å². The van der Waals surface area contributed by atoms with Gasteiger partial charge in [-0.15, -0.1) is 0 Å². The fourth-order valence-electron chi connectivity index (χ4n) is 2.04. The molecule has 0 aromatic heterocycles. The highest BCUT2D eigenvalue weighted by atomic mass is 79.9. The van der Waals surface area contributed by atoms with Crippen LogP contribution in [-0.2, 0) is 6.54 Å². The third-order valence-corrected chi connectivity index (χ3v) is 3.58. The van der Waals surface area contributed by atoms with Crippen molar-refractivity contribution in [2.24, 2.45) is 10.9 Å². The molecule has 0 atom stereocenters. The van der Waals surface area contributed by atoms with Crippen LogP contribution in [0.1, 0.15) is 11.1 Å². The molecule has 0 aliphatic heterocycles. The van der Waals surface area contributed by atoms with Crippen molar-refractivity contribution < 1.29 is 9.60 Å². The van der Waals surface area contributed by atoms with Gasteiger partial charge in [-0.1, -0.05) is 33.2 Å². The van der Waals surface area contributed by atoms with Crippen molar-refractivity contribution in [3.8, 4) is 0 Å². The number of nitrogens with zero attached hydrogens (tertiary/aromatic N) is 2. The number of benzene rings is 2. The van der Waals surface area contributed by atoms with E-state index in [1.54, 1.807) is 18.2 Å². The van der Waals surface area contributed by atoms with E-state index in [0.29, 0.717) is 12.1 Å². The second-order valence-electron chi connectivity index (χ2n) is 4.63. The van der Waals surface area contributed by atoms with Gasteiger partial charge in [-0.05, 0) is 35.9 Å². The highest BCUT2D eigenvalue weighted by Crippen LogP contribution is 2.25. The monoisotopic (exact) mass is 351 g/mol. The molecule has 0 bridgehead atoms. The first-order valence-electron chi connectivity index (χ1n) is 6.24. The fourth-order valence-corrected chi connectivity index (χ4v) is 2.39. The van der Waals surface area contributed by atoms with Crippen molar-refractivity contribution in [2.75, 3.05) is 11.9 Å². The molecule has 0 radical (unpaired) electrons. The van der Waals surface area contributed by atoms with Gasteiger partial charge in [0.05, 0.1) is 0 Å². The first-order chi connectivity index (χ1) is 10.0. The molecule has 0 spiro atoms. The second kappa shape index (κ2) is 6.58. The summed E-state index contributed by atoms with van der Waals surface area (Å²) in [5.41, 5.74) is 8.11. The van der Waals surface area contributed by atoms with Gasteiger partial charge < -0.3 is 15.8 Å². The van der Waals surface area contributed by atoms with Crippen LogP contribution in [0.5, 0.6) is 0 Å². The minimum Gasteiger partial charge on any atom is -0.409 e. The summed E-state index contributed by atoms with van der Waals surface area (Å²) in [7, 11) is 1.89. The Morgan fingerprint density at radius 3 is 2.57 bits per heavy atom. The lowest BCUT2D eigenvalue weighted by molar-refractivity contribution is 0.318. The maximum absolute atomic E-state index is 12.9. The summed E-state index contributed by atoms with van der Waals surface area (Å²) in [5, 5.41) is 11.9. The molecule has 110 valence electrons. The quantitative estimate of drug-likeness (QED) is 0.384. The molecule has 0 aliphatic rings. The Morgan fingerprint density at radius 2 is 1.95 bits per heavy atom. The summed E-state index contributed by atoms with van der Waals surface area (Å²) in [6.45, 7) is 0.572. The molecule has 2 aromatic rings. The lowest BCUT2D eigenvalue weighted by Gasteiger charge is -2.22. The summed E-state index contributed by atoms with van der Waals surface area (Å²) >= 11 is 3.41. The Balaban J connectivity index is 2.31. The normalized spacial score (nSPS) is 11.5. The van der Waals surface area contributed by atoms with E-state index in [4.69, 9.17) is 10.9 Å². The number of hydrogen-bond donors (Lipinski definition) is 2. The van der Waals surface area contributed by atoms with Gasteiger partial charge in [0.1, 0.15) is 5.82 Å². The van der Waals surface area contributed by atoms with Crippen molar-refractivity contribution in [1.82, 2.24) is 0 Å². The van der Waals surface area contributed by atoms with E-state index in [1.807, 2.05) is 24.1 Å². The van der Waals surface area contributed by atoms with Crippen LogP contribution in [0.4, 0.5) is 10.1 Å². The van der Waals surface area contributed by atoms with Crippen LogP contribution in [0.25, 0.3) is 0 Å². The SMILES string of the molecule is CN(Cc1ccc(F)cc1)c1cc(Br)ccc1/C(N)=N/O. The predicted molar refractivity (Wildman–Crippen MR) is 85.2 cm³/mol. The highest BCUT2D eigenvalue weighted by Gasteiger charge is 2.12. The van der Waals surface area contributed by atoms with Crippen molar-refractivity contribution in [3.05, 3.63) is 63.9 Å². The van der Waals surface area contributed by atoms with Gasteiger partial charge in [0.15, 0.2) is 5.84 Å². The van der Waals surface area contributed by atoms with E-state index in [9.17, 15) is 4.39 Å². The maximum Gasteiger partial charge on any atom is 0.172 e. The van der Waals surface area contributed by atoms with Crippen molar-refractivity contribution in [1.29, 1.82) is 0 Å². The van der Waals surface area contributed by atoms with Crippen LogP contribution in [0.15, 0.2) is 52.1 Å². The van der Waals surface area contributed by atoms with E-state index in [-0.39, 0.29) is 11.7 Å². The smallest absolute Gasteiger partial charge is 0.172 e. The van der Waals surface area contributed by atoms with Crippen molar-refractivity contribution in [2.45, 2.75) is 6.54 Å². The molecular weight excluding hydrogens is 337 g/mol. The summed E-state index contributed by atoms with van der Waals surface area (Å²) in [4.78, 5) is 1.95. The summed E-state index contributed by atoms with van der Waals surface area (Å²) in [6, 6.07) is 11.8. The van der Waals surface area contributed by atoms with Crippen molar-refractivity contribution >= 4 is 27.5 Å². The van der Waals surface area contributed by atoms with Crippen LogP contribution in [0.2, 0.25) is 0 Å². The van der Waals surface area contributed by atoms with E-state index in [0.717, 1.165) is 15.7 Å². The zero-order valence-electron chi connectivity index (χ0n) is 11.4. The lowest BCUT2D eigenvalue weighted by Crippen LogP contribution is -2.22. The zero-order valence-corrected chi connectivity index (χ0v) is 13.0. The molecule has 21 heavy (non-hydrogen) atoms. The Morgan fingerprint density at radius 1 is 1.29 bits per heavy atom. The van der Waals surface area contributed by atoms with Crippen molar-refractivity contribution in [3.63, 3.8) is 0 Å². The average Bonchev–Trinajstić information content (AvgIpc) is 2.48. The summed E-state index contributed by atoms with van der Waals surface area (Å²) in [5.74, 6) is -0.218. The standard InChI is InChI=1S/C15H15BrFN3O/c1-20(9-10-2-5-12(17)6-3-10)14-8-11(16)4-7-13(14)15(18)19-21/h2-8,21H,9H2,1H3,(H2,18,19). The Kier molecular flexibility index (Phi) is 4.80. The minimum atomic E-state index is -0.263. The number of hydrogen-bond acceptors (Lipinski definition) is 3. The molecule has 4 nitrogen and oxygen atoms in total. The average molecular weight is 352 g/mol. The van der Waals surface area contributed by atoms with Crippen LogP contribution in [-0.4, -0.2) is 18.1 Å². The first-order valence-corrected chi connectivity index (χ1v) is 7.03. The molecule has 0 saturated heterocycles. The van der Waals surface area contributed by atoms with Gasteiger partial charge in [-0.2, -0.15) is 0 Å². The maximum atomic E-state index is 12.9. The Labute approximate surface area is 130 Å². The van der Waals surface area contributed by atoms with Gasteiger partial charge in [-0.3, -0.25) is 0 Å². The molecule has 2 rings (SSSR count). The molecule has 0 amide bonds. The Hall–Kier alpha value is -2.08. The Bertz CT molecular complexity index is 658. The molecule has 6 heteroatoms. The zero-order chi connectivity index (χ0) is 15.4. The van der Waals surface area contributed by atoms with E-state index >= 15 is 0 Å². The molecular formula is C15H15BrFN3O. The molecule has 0 fully saturated rings. The topological polar surface area (TPSA) is 61.8 Å². The van der Waals surface area contributed by atoms with Gasteiger partial charge in [0.25, 0.3) is 0 Å². The third kappa shape index (κ3) is 3.72. The lowest BCUT2D eigenvalue weighted by atomic mass is 10.1. The van der Waals surface area contributed by atoms with Crippen LogP contribution in [0.3, 0.4) is 0 Å². The fraction of sp³-hybridized carbons (Fsp3) is 0.133. The minimum absolute atomic E-state index is 0.0449. The van der Waals surface area contributed by atoms with E-state index in [2.05, 4.69) is 21.1 Å². The summed E-state index contributed by atoms with van der Waals surface area (Å²) in [6.07, 6.45) is 0. The molecule has 0 unspecified atom stereocenters. The van der Waals surface area contributed by atoms with E-state index in [1.165, 1.54) is 12.1 Å². The largest absolute Gasteiger partial charge is 0.409 e. The van der Waals surface area contributed by atoms with Crippen LogP contribution in [0, 0.1) is 5.82 Å². The number of oxime groups is 1. The molecule has 0 heterocycles.